The van der Waals surface area contributed by atoms with E-state index >= 15 is 0 Å². The molecular weight excluding hydrogens is 385 g/mol. The van der Waals surface area contributed by atoms with Crippen LogP contribution in [-0.2, 0) is 14.3 Å². The summed E-state index contributed by atoms with van der Waals surface area (Å²) >= 11 is 1.13. The van der Waals surface area contributed by atoms with E-state index in [0.29, 0.717) is 24.0 Å². The van der Waals surface area contributed by atoms with E-state index in [2.05, 4.69) is 5.32 Å². The third-order valence-corrected chi connectivity index (χ3v) is 5.87. The highest BCUT2D eigenvalue weighted by Gasteiger charge is 2.33. The average molecular weight is 404 g/mol. The molecule has 1 aliphatic rings. The Hall–Kier alpha value is -2.74. The van der Waals surface area contributed by atoms with Crippen LogP contribution < -0.4 is 10.4 Å². The maximum Gasteiger partial charge on any atom is 0.341 e. The van der Waals surface area contributed by atoms with Gasteiger partial charge in [0.2, 0.25) is 5.91 Å². The molecule has 2 aromatic rings. The molecule has 148 valence electrons. The van der Waals surface area contributed by atoms with Crippen LogP contribution in [0.3, 0.4) is 0 Å². The molecule has 1 fully saturated rings. The van der Waals surface area contributed by atoms with Gasteiger partial charge in [0.05, 0.1) is 7.11 Å². The zero-order valence-corrected chi connectivity index (χ0v) is 16.0. The second-order valence-corrected chi connectivity index (χ2v) is 7.54. The normalized spacial score (nSPS) is 19.1. The number of benzene rings is 1. The fourth-order valence-corrected chi connectivity index (χ4v) is 4.49. The molecule has 0 bridgehead atoms. The molecule has 28 heavy (non-hydrogen) atoms. The Kier molecular flexibility index (Phi) is 6.08. The number of rotatable bonds is 5. The third-order valence-electron chi connectivity index (χ3n) is 4.98. The van der Waals surface area contributed by atoms with Crippen molar-refractivity contribution in [1.82, 2.24) is 0 Å². The first-order valence-electron chi connectivity index (χ1n) is 8.89. The van der Waals surface area contributed by atoms with E-state index in [-0.39, 0.29) is 10.6 Å². The molecule has 8 heteroatoms. The molecule has 1 heterocycles. The minimum absolute atomic E-state index is 0.160. The number of esters is 1. The van der Waals surface area contributed by atoms with Crippen molar-refractivity contribution in [2.75, 3.05) is 12.4 Å². The van der Waals surface area contributed by atoms with E-state index in [0.717, 1.165) is 24.2 Å². The van der Waals surface area contributed by atoms with E-state index < -0.39 is 35.5 Å². The summed E-state index contributed by atoms with van der Waals surface area (Å²) in [6, 6.07) is 5.61. The van der Waals surface area contributed by atoms with Crippen LogP contribution >= 0.6 is 11.3 Å². The predicted molar refractivity (Wildman–Crippen MR) is 100 cm³/mol. The molecule has 0 radical (unpaired) electrons. The lowest BCUT2D eigenvalue weighted by molar-refractivity contribution is -0.313. The molecule has 1 amide bonds. The van der Waals surface area contributed by atoms with Crippen molar-refractivity contribution in [3.63, 3.8) is 0 Å². The van der Waals surface area contributed by atoms with Gasteiger partial charge in [-0.05, 0) is 30.5 Å². The van der Waals surface area contributed by atoms with Crippen molar-refractivity contribution < 1.29 is 28.6 Å². The lowest BCUT2D eigenvalue weighted by Gasteiger charge is -2.31. The van der Waals surface area contributed by atoms with E-state index in [4.69, 9.17) is 4.74 Å². The van der Waals surface area contributed by atoms with Crippen LogP contribution in [0.1, 0.15) is 36.0 Å². The number of amides is 1. The van der Waals surface area contributed by atoms with Crippen LogP contribution in [0.5, 0.6) is 0 Å². The van der Waals surface area contributed by atoms with Crippen LogP contribution in [0, 0.1) is 17.7 Å². The fraction of sp³-hybridized carbons (Fsp3) is 0.350. The predicted octanol–water partition coefficient (Wildman–Crippen LogP) is 2.84. The smallest absolute Gasteiger partial charge is 0.341 e. The molecule has 2 atom stereocenters. The zero-order chi connectivity index (χ0) is 20.3. The number of nitrogens with one attached hydrogen (secondary N) is 1. The van der Waals surface area contributed by atoms with Gasteiger partial charge in [-0.2, -0.15) is 0 Å². The third kappa shape index (κ3) is 4.06. The maximum absolute atomic E-state index is 13.2. The van der Waals surface area contributed by atoms with Gasteiger partial charge >= 0.3 is 5.97 Å². The van der Waals surface area contributed by atoms with Gasteiger partial charge in [-0.25, -0.2) is 9.18 Å². The quantitative estimate of drug-likeness (QED) is 0.773. The first-order valence-corrected chi connectivity index (χ1v) is 9.77. The highest BCUT2D eigenvalue weighted by Crippen LogP contribution is 2.38. The Balaban J connectivity index is 1.91. The van der Waals surface area contributed by atoms with Crippen LogP contribution in [0.15, 0.2) is 29.6 Å². The molecule has 0 aliphatic heterocycles. The largest absolute Gasteiger partial charge is 0.550 e. The first kappa shape index (κ1) is 20.0. The number of hydrogen-bond donors (Lipinski definition) is 1. The Labute approximate surface area is 165 Å². The molecule has 3 rings (SSSR count). The topological polar surface area (TPSA) is 95.5 Å². The summed E-state index contributed by atoms with van der Waals surface area (Å²) in [6.07, 6.45) is 2.35. The van der Waals surface area contributed by atoms with Gasteiger partial charge in [0, 0.05) is 28.7 Å². The van der Waals surface area contributed by atoms with Crippen molar-refractivity contribution in [2.45, 2.75) is 25.7 Å². The first-order chi connectivity index (χ1) is 13.4. The number of carboxylic acids is 1. The molecule has 1 aliphatic carbocycles. The zero-order valence-electron chi connectivity index (χ0n) is 15.2. The molecule has 1 aromatic heterocycles. The lowest BCUT2D eigenvalue weighted by Crippen LogP contribution is -2.42. The van der Waals surface area contributed by atoms with Gasteiger partial charge in [0.25, 0.3) is 0 Å². The monoisotopic (exact) mass is 404 g/mol. The molecule has 1 saturated carbocycles. The number of hydrogen-bond acceptors (Lipinski definition) is 6. The van der Waals surface area contributed by atoms with Gasteiger partial charge in [-0.15, -0.1) is 11.3 Å². The molecular formula is C20H19FNO5S-. The van der Waals surface area contributed by atoms with Gasteiger partial charge in [-0.1, -0.05) is 25.0 Å². The number of halogens is 1. The summed E-state index contributed by atoms with van der Waals surface area (Å²) in [5, 5.41) is 16.0. The number of anilines is 1. The summed E-state index contributed by atoms with van der Waals surface area (Å²) in [6.45, 7) is 0. The number of carbonyl (C=O) groups excluding carboxylic acids is 3. The summed E-state index contributed by atoms with van der Waals surface area (Å²) in [4.78, 5) is 36.4. The van der Waals surface area contributed by atoms with E-state index in [1.807, 2.05) is 0 Å². The van der Waals surface area contributed by atoms with Gasteiger partial charge in [-0.3, -0.25) is 4.79 Å². The fourth-order valence-electron chi connectivity index (χ4n) is 3.53. The van der Waals surface area contributed by atoms with Crippen molar-refractivity contribution in [2.24, 2.45) is 11.8 Å². The lowest BCUT2D eigenvalue weighted by atomic mass is 9.79. The van der Waals surface area contributed by atoms with Crippen LogP contribution in [0.25, 0.3) is 11.1 Å². The highest BCUT2D eigenvalue weighted by molar-refractivity contribution is 7.15. The van der Waals surface area contributed by atoms with Crippen LogP contribution in [0.4, 0.5) is 9.39 Å². The van der Waals surface area contributed by atoms with E-state index in [9.17, 15) is 23.9 Å². The van der Waals surface area contributed by atoms with Crippen molar-refractivity contribution in [3.05, 3.63) is 41.0 Å². The van der Waals surface area contributed by atoms with Gasteiger partial charge in [0.1, 0.15) is 16.4 Å². The molecule has 6 nitrogen and oxygen atoms in total. The second-order valence-electron chi connectivity index (χ2n) is 6.66. The van der Waals surface area contributed by atoms with Gasteiger partial charge < -0.3 is 20.0 Å². The minimum Gasteiger partial charge on any atom is -0.550 e. The van der Waals surface area contributed by atoms with Crippen molar-refractivity contribution in [1.29, 1.82) is 0 Å². The van der Waals surface area contributed by atoms with Crippen molar-refractivity contribution in [3.8, 4) is 11.1 Å². The van der Waals surface area contributed by atoms with E-state index in [1.165, 1.54) is 31.4 Å². The minimum atomic E-state index is -1.23. The Morgan fingerprint density at radius 3 is 2.39 bits per heavy atom. The number of ether oxygens (including phenoxy) is 1. The molecule has 1 N–H and O–H groups in total. The SMILES string of the molecule is COC(=O)c1c(-c2ccc(F)cc2)csc1NC(=O)C1CCCCC1C(=O)[O-]. The Bertz CT molecular complexity index is 893. The number of aliphatic carboxylic acids is 1. The maximum atomic E-state index is 13.2. The molecule has 1 aromatic carbocycles. The summed E-state index contributed by atoms with van der Waals surface area (Å²) in [5.41, 5.74) is 1.27. The highest BCUT2D eigenvalue weighted by atomic mass is 32.1. The molecule has 0 spiro atoms. The summed E-state index contributed by atoms with van der Waals surface area (Å²) in [5.74, 6) is -4.28. The summed E-state index contributed by atoms with van der Waals surface area (Å²) in [7, 11) is 1.23. The van der Waals surface area contributed by atoms with Crippen LogP contribution in [0.2, 0.25) is 0 Å². The van der Waals surface area contributed by atoms with Crippen molar-refractivity contribution >= 4 is 34.2 Å². The standard InChI is InChI=1S/C20H20FNO5S/c1-27-20(26)16-15(11-6-8-12(21)9-7-11)10-28-18(16)22-17(23)13-4-2-3-5-14(13)19(24)25/h6-10,13-14H,2-5H2,1H3,(H,22,23)(H,24,25)/p-1. The number of carboxylic acid groups (broad SMARTS) is 1. The summed E-state index contributed by atoms with van der Waals surface area (Å²) < 4.78 is 18.1. The number of thiophene rings is 1. The van der Waals surface area contributed by atoms with Gasteiger partial charge in [0.15, 0.2) is 0 Å². The molecule has 0 saturated heterocycles. The Morgan fingerprint density at radius 2 is 1.79 bits per heavy atom. The Morgan fingerprint density at radius 1 is 1.14 bits per heavy atom. The van der Waals surface area contributed by atoms with E-state index in [1.54, 1.807) is 5.38 Å². The second kappa shape index (κ2) is 8.52. The number of carbonyl (C=O) groups is 3. The molecule has 2 unspecified atom stereocenters. The average Bonchev–Trinajstić information content (AvgIpc) is 3.11. The number of methoxy groups -OCH3 is 1. The van der Waals surface area contributed by atoms with Crippen LogP contribution in [-0.4, -0.2) is 25.0 Å².